The summed E-state index contributed by atoms with van der Waals surface area (Å²) in [5.74, 6) is 0. The number of carbonyl (C=O) groups is 1. The van der Waals surface area contributed by atoms with Gasteiger partial charge in [0.1, 0.15) is 6.29 Å². The van der Waals surface area contributed by atoms with Crippen molar-refractivity contribution in [3.05, 3.63) is 23.8 Å². The van der Waals surface area contributed by atoms with Crippen molar-refractivity contribution in [3.8, 4) is 0 Å². The number of allylic oxidation sites excluding steroid dienone is 4. The summed E-state index contributed by atoms with van der Waals surface area (Å²) in [6.45, 7) is 1.78. The fourth-order valence-electron chi connectivity index (χ4n) is 0.941. The summed E-state index contributed by atoms with van der Waals surface area (Å²) >= 11 is 11.9. The van der Waals surface area contributed by atoms with Crippen molar-refractivity contribution in [1.29, 1.82) is 0 Å². The van der Waals surface area contributed by atoms with E-state index in [1.165, 1.54) is 0 Å². The van der Waals surface area contributed by atoms with Crippen LogP contribution in [0.15, 0.2) is 23.8 Å². The molecule has 0 saturated heterocycles. The summed E-state index contributed by atoms with van der Waals surface area (Å²) in [6, 6.07) is 0. The van der Waals surface area contributed by atoms with E-state index in [1.807, 2.05) is 0 Å². The Labute approximate surface area is 75.7 Å². The Morgan fingerprint density at radius 3 is 2.82 bits per heavy atom. The average molecular weight is 191 g/mol. The lowest BCUT2D eigenvalue weighted by molar-refractivity contribution is -0.105. The van der Waals surface area contributed by atoms with Crippen molar-refractivity contribution in [2.75, 3.05) is 0 Å². The Hall–Kier alpha value is -0.270. The first-order valence-corrected chi connectivity index (χ1v) is 4.07. The van der Waals surface area contributed by atoms with E-state index in [-0.39, 0.29) is 0 Å². The predicted octanol–water partition coefficient (Wildman–Crippen LogP) is 2.29. The maximum absolute atomic E-state index is 10.4. The zero-order valence-corrected chi connectivity index (χ0v) is 7.56. The van der Waals surface area contributed by atoms with Gasteiger partial charge in [-0.2, -0.15) is 0 Å². The van der Waals surface area contributed by atoms with Gasteiger partial charge in [0.15, 0.2) is 0 Å². The van der Waals surface area contributed by atoms with Gasteiger partial charge in [-0.25, -0.2) is 0 Å². The second kappa shape index (κ2) is 3.00. The minimum Gasteiger partial charge on any atom is -0.298 e. The molecule has 0 fully saturated rings. The fourth-order valence-corrected chi connectivity index (χ4v) is 1.34. The van der Waals surface area contributed by atoms with Crippen LogP contribution in [-0.2, 0) is 4.79 Å². The highest BCUT2D eigenvalue weighted by Gasteiger charge is 2.32. The van der Waals surface area contributed by atoms with Gasteiger partial charge in [0.2, 0.25) is 0 Å². The number of carbonyl (C=O) groups excluding carboxylic acids is 1. The topological polar surface area (TPSA) is 17.1 Å². The van der Waals surface area contributed by atoms with Crippen molar-refractivity contribution >= 4 is 29.5 Å². The molecule has 2 unspecified atom stereocenters. The van der Waals surface area contributed by atoms with Crippen LogP contribution in [0.2, 0.25) is 0 Å². The molecule has 1 rings (SSSR count). The second-order valence-corrected chi connectivity index (χ2v) is 3.91. The van der Waals surface area contributed by atoms with E-state index in [2.05, 4.69) is 0 Å². The maximum Gasteiger partial charge on any atom is 0.147 e. The summed E-state index contributed by atoms with van der Waals surface area (Å²) in [5.41, 5.74) is 0.534. The maximum atomic E-state index is 10.4. The molecule has 0 amide bonds. The zero-order chi connectivity index (χ0) is 8.48. The Bertz CT molecular complexity index is 228. The molecule has 2 atom stereocenters. The first-order chi connectivity index (χ1) is 5.08. The standard InChI is InChI=1S/C8H8Cl2O/c1-8(10)4-2-3-6(5-11)7(8)9/h2-5,7H,1H3. The fraction of sp³-hybridized carbons (Fsp3) is 0.375. The predicted molar refractivity (Wildman–Crippen MR) is 47.2 cm³/mol. The molecule has 1 aliphatic rings. The van der Waals surface area contributed by atoms with Crippen LogP contribution in [0, 0.1) is 0 Å². The first kappa shape index (κ1) is 8.82. The van der Waals surface area contributed by atoms with Crippen molar-refractivity contribution in [1.82, 2.24) is 0 Å². The SMILES string of the molecule is CC1(Cl)C=CC=C(C=O)C1Cl. The molecule has 0 saturated carbocycles. The van der Waals surface area contributed by atoms with Crippen LogP contribution in [0.25, 0.3) is 0 Å². The quantitative estimate of drug-likeness (QED) is 0.459. The van der Waals surface area contributed by atoms with Crippen molar-refractivity contribution in [2.24, 2.45) is 0 Å². The van der Waals surface area contributed by atoms with E-state index >= 15 is 0 Å². The van der Waals surface area contributed by atoms with E-state index in [0.29, 0.717) is 5.57 Å². The van der Waals surface area contributed by atoms with Crippen LogP contribution in [0.1, 0.15) is 6.92 Å². The minimum absolute atomic E-state index is 0.424. The van der Waals surface area contributed by atoms with E-state index in [1.54, 1.807) is 25.2 Å². The third-order valence-electron chi connectivity index (χ3n) is 1.64. The summed E-state index contributed by atoms with van der Waals surface area (Å²) in [6.07, 6.45) is 5.94. The highest BCUT2D eigenvalue weighted by atomic mass is 35.5. The van der Waals surface area contributed by atoms with Gasteiger partial charge in [-0.15, -0.1) is 23.2 Å². The average Bonchev–Trinajstić information content (AvgIpc) is 1.95. The van der Waals surface area contributed by atoms with Gasteiger partial charge >= 0.3 is 0 Å². The minimum atomic E-state index is -0.632. The molecule has 0 aromatic carbocycles. The molecule has 0 radical (unpaired) electrons. The third kappa shape index (κ3) is 1.66. The van der Waals surface area contributed by atoms with Gasteiger partial charge in [-0.3, -0.25) is 4.79 Å². The number of aldehydes is 1. The lowest BCUT2D eigenvalue weighted by Crippen LogP contribution is -2.30. The van der Waals surface area contributed by atoms with E-state index in [9.17, 15) is 4.79 Å². The molecule has 0 bridgehead atoms. The van der Waals surface area contributed by atoms with Gasteiger partial charge in [-0.05, 0) is 6.92 Å². The van der Waals surface area contributed by atoms with Crippen LogP contribution in [0.4, 0.5) is 0 Å². The lowest BCUT2D eigenvalue weighted by atomic mass is 9.95. The first-order valence-electron chi connectivity index (χ1n) is 3.25. The van der Waals surface area contributed by atoms with Gasteiger partial charge in [0.05, 0.1) is 10.3 Å². The molecule has 0 aliphatic heterocycles. The van der Waals surface area contributed by atoms with Crippen molar-refractivity contribution < 1.29 is 4.79 Å². The van der Waals surface area contributed by atoms with Gasteiger partial charge in [0.25, 0.3) is 0 Å². The molecular formula is C8H8Cl2O. The van der Waals surface area contributed by atoms with Gasteiger partial charge < -0.3 is 0 Å². The zero-order valence-electron chi connectivity index (χ0n) is 6.05. The Kier molecular flexibility index (Phi) is 2.40. The largest absolute Gasteiger partial charge is 0.298 e. The Morgan fingerprint density at radius 2 is 2.36 bits per heavy atom. The Morgan fingerprint density at radius 1 is 1.73 bits per heavy atom. The normalized spacial score (nSPS) is 36.6. The molecule has 0 heterocycles. The molecule has 0 N–H and O–H groups in total. The van der Waals surface area contributed by atoms with E-state index in [0.717, 1.165) is 6.29 Å². The van der Waals surface area contributed by atoms with Crippen LogP contribution in [-0.4, -0.2) is 16.5 Å². The summed E-state index contributed by atoms with van der Waals surface area (Å²) in [5, 5.41) is -0.424. The number of hydrogen-bond donors (Lipinski definition) is 0. The summed E-state index contributed by atoms with van der Waals surface area (Å²) in [7, 11) is 0. The third-order valence-corrected chi connectivity index (χ3v) is 2.80. The molecule has 1 nitrogen and oxygen atoms in total. The highest BCUT2D eigenvalue weighted by Crippen LogP contribution is 2.32. The molecule has 60 valence electrons. The van der Waals surface area contributed by atoms with Crippen molar-refractivity contribution in [3.63, 3.8) is 0 Å². The van der Waals surface area contributed by atoms with E-state index < -0.39 is 10.3 Å². The monoisotopic (exact) mass is 190 g/mol. The highest BCUT2D eigenvalue weighted by molar-refractivity contribution is 6.35. The molecule has 0 aromatic heterocycles. The molecular weight excluding hydrogens is 183 g/mol. The van der Waals surface area contributed by atoms with E-state index in [4.69, 9.17) is 23.2 Å². The van der Waals surface area contributed by atoms with Crippen LogP contribution in [0.3, 0.4) is 0 Å². The number of rotatable bonds is 1. The molecule has 3 heteroatoms. The van der Waals surface area contributed by atoms with Gasteiger partial charge in [-0.1, -0.05) is 18.2 Å². The molecule has 0 spiro atoms. The van der Waals surface area contributed by atoms with Crippen molar-refractivity contribution in [2.45, 2.75) is 17.2 Å². The number of halogens is 2. The summed E-state index contributed by atoms with van der Waals surface area (Å²) < 4.78 is 0. The van der Waals surface area contributed by atoms with Crippen LogP contribution >= 0.6 is 23.2 Å². The van der Waals surface area contributed by atoms with Gasteiger partial charge in [0, 0.05) is 5.57 Å². The lowest BCUT2D eigenvalue weighted by Gasteiger charge is -2.26. The summed E-state index contributed by atoms with van der Waals surface area (Å²) in [4.78, 5) is 9.78. The van der Waals surface area contributed by atoms with Crippen LogP contribution in [0.5, 0.6) is 0 Å². The number of hydrogen-bond acceptors (Lipinski definition) is 1. The van der Waals surface area contributed by atoms with Crippen LogP contribution < -0.4 is 0 Å². The molecule has 0 aromatic rings. The smallest absolute Gasteiger partial charge is 0.147 e. The second-order valence-electron chi connectivity index (χ2n) is 2.66. The molecule has 11 heavy (non-hydrogen) atoms. The Balaban J connectivity index is 2.94. The number of alkyl halides is 2. The molecule has 1 aliphatic carbocycles.